The Morgan fingerprint density at radius 3 is 2.17 bits per heavy atom. The van der Waals surface area contributed by atoms with Crippen molar-refractivity contribution >= 4 is 0 Å². The van der Waals surface area contributed by atoms with Crippen LogP contribution in [0.1, 0.15) is 97.3 Å². The second kappa shape index (κ2) is 10.8. The molecule has 3 nitrogen and oxygen atoms in total. The van der Waals surface area contributed by atoms with Crippen LogP contribution in [0, 0.1) is 0 Å². The lowest BCUT2D eigenvalue weighted by Crippen LogP contribution is -2.46. The van der Waals surface area contributed by atoms with Crippen LogP contribution in [0.2, 0.25) is 0 Å². The van der Waals surface area contributed by atoms with Crippen LogP contribution >= 0.6 is 0 Å². The molecule has 2 heterocycles. The topological polar surface area (TPSA) is 21.7 Å². The summed E-state index contributed by atoms with van der Waals surface area (Å²) in [5.41, 5.74) is 0. The van der Waals surface area contributed by atoms with Crippen molar-refractivity contribution in [2.75, 3.05) is 20.2 Å². The Bertz CT molecular complexity index is 322. The van der Waals surface area contributed by atoms with Crippen molar-refractivity contribution in [2.24, 2.45) is 0 Å². The normalized spacial score (nSPS) is 27.6. The predicted octanol–water partition coefficient (Wildman–Crippen LogP) is 5.52. The van der Waals surface area contributed by atoms with E-state index in [0.29, 0.717) is 6.04 Å². The van der Waals surface area contributed by atoms with Crippen LogP contribution in [-0.2, 0) is 9.47 Å². The van der Waals surface area contributed by atoms with Crippen LogP contribution in [0.5, 0.6) is 0 Å². The van der Waals surface area contributed by atoms with Gasteiger partial charge < -0.3 is 14.4 Å². The molecule has 2 unspecified atom stereocenters. The summed E-state index contributed by atoms with van der Waals surface area (Å²) >= 11 is 0. The standard InChI is InChI=1S/C21H41NO2/c1-4-6-8-11-15-21(16-12-9-7-5-2)23-18-20(24-21)19-14-10-13-17-22(19)3/h19-20H,4-18H2,1-3H3. The van der Waals surface area contributed by atoms with E-state index in [-0.39, 0.29) is 11.9 Å². The third-order valence-corrected chi connectivity index (χ3v) is 5.96. The van der Waals surface area contributed by atoms with Crippen LogP contribution in [0.4, 0.5) is 0 Å². The number of hydrogen-bond donors (Lipinski definition) is 0. The summed E-state index contributed by atoms with van der Waals surface area (Å²) in [6.07, 6.45) is 16.8. The van der Waals surface area contributed by atoms with Crippen molar-refractivity contribution in [2.45, 2.75) is 115 Å². The van der Waals surface area contributed by atoms with Gasteiger partial charge in [0, 0.05) is 18.9 Å². The lowest BCUT2D eigenvalue weighted by atomic mass is 9.97. The molecule has 2 atom stereocenters. The zero-order chi connectivity index (χ0) is 17.3. The van der Waals surface area contributed by atoms with Gasteiger partial charge in [-0.3, -0.25) is 0 Å². The molecular formula is C21H41NO2. The minimum absolute atomic E-state index is 0.273. The molecule has 0 saturated carbocycles. The van der Waals surface area contributed by atoms with Gasteiger partial charge in [0.1, 0.15) is 0 Å². The van der Waals surface area contributed by atoms with Gasteiger partial charge in [-0.1, -0.05) is 58.8 Å². The van der Waals surface area contributed by atoms with E-state index in [2.05, 4.69) is 25.8 Å². The highest BCUT2D eigenvalue weighted by Crippen LogP contribution is 2.37. The number of hydrogen-bond acceptors (Lipinski definition) is 3. The number of likely N-dealkylation sites (N-methyl/N-ethyl adjacent to an activating group) is 1. The first-order valence-corrected chi connectivity index (χ1v) is 10.7. The summed E-state index contributed by atoms with van der Waals surface area (Å²) in [5.74, 6) is -0.273. The Kier molecular flexibility index (Phi) is 9.07. The van der Waals surface area contributed by atoms with Crippen LogP contribution < -0.4 is 0 Å². The zero-order valence-electron chi connectivity index (χ0n) is 16.5. The summed E-state index contributed by atoms with van der Waals surface area (Å²) < 4.78 is 13.0. The summed E-state index contributed by atoms with van der Waals surface area (Å²) in [6.45, 7) is 6.57. The number of ether oxygens (including phenoxy) is 2. The maximum atomic E-state index is 6.66. The third kappa shape index (κ3) is 6.00. The number of nitrogens with zero attached hydrogens (tertiary/aromatic N) is 1. The minimum atomic E-state index is -0.273. The van der Waals surface area contributed by atoms with Gasteiger partial charge in [0.15, 0.2) is 5.79 Å². The van der Waals surface area contributed by atoms with Gasteiger partial charge in [0.25, 0.3) is 0 Å². The molecular weight excluding hydrogens is 298 g/mol. The molecule has 0 aromatic heterocycles. The molecule has 142 valence electrons. The SMILES string of the molecule is CCCCCCC1(CCCCCC)OCC(C2CCCCN2C)O1. The van der Waals surface area contributed by atoms with Crippen LogP contribution in [-0.4, -0.2) is 43.0 Å². The van der Waals surface area contributed by atoms with E-state index in [1.54, 1.807) is 0 Å². The van der Waals surface area contributed by atoms with E-state index in [1.165, 1.54) is 77.2 Å². The van der Waals surface area contributed by atoms with Crippen molar-refractivity contribution in [3.05, 3.63) is 0 Å². The van der Waals surface area contributed by atoms with E-state index in [4.69, 9.17) is 9.47 Å². The first kappa shape index (κ1) is 20.2. The number of likely N-dealkylation sites (tertiary alicyclic amines) is 1. The summed E-state index contributed by atoms with van der Waals surface area (Å²) in [6, 6.07) is 0.562. The van der Waals surface area contributed by atoms with Gasteiger partial charge in [-0.25, -0.2) is 0 Å². The smallest absolute Gasteiger partial charge is 0.168 e. The van der Waals surface area contributed by atoms with Gasteiger partial charge in [-0.2, -0.15) is 0 Å². The van der Waals surface area contributed by atoms with Gasteiger partial charge in [0.05, 0.1) is 12.7 Å². The number of rotatable bonds is 11. The van der Waals surface area contributed by atoms with Crippen molar-refractivity contribution in [1.29, 1.82) is 0 Å². The average molecular weight is 340 g/mol. The lowest BCUT2D eigenvalue weighted by molar-refractivity contribution is -0.186. The second-order valence-electron chi connectivity index (χ2n) is 8.04. The Hall–Kier alpha value is -0.120. The predicted molar refractivity (Wildman–Crippen MR) is 101 cm³/mol. The molecule has 0 aliphatic carbocycles. The first-order valence-electron chi connectivity index (χ1n) is 10.7. The van der Waals surface area contributed by atoms with E-state index in [0.717, 1.165) is 19.4 Å². The molecule has 0 aromatic rings. The molecule has 24 heavy (non-hydrogen) atoms. The Labute approximate surface area is 150 Å². The Morgan fingerprint density at radius 2 is 1.58 bits per heavy atom. The minimum Gasteiger partial charge on any atom is -0.347 e. The Balaban J connectivity index is 1.87. The lowest BCUT2D eigenvalue weighted by Gasteiger charge is -2.36. The highest BCUT2D eigenvalue weighted by molar-refractivity contribution is 4.89. The molecule has 2 aliphatic rings. The summed E-state index contributed by atoms with van der Waals surface area (Å²) in [4.78, 5) is 2.50. The fourth-order valence-corrected chi connectivity index (χ4v) is 4.37. The molecule has 0 amide bonds. The maximum absolute atomic E-state index is 6.66. The maximum Gasteiger partial charge on any atom is 0.168 e. The van der Waals surface area contributed by atoms with E-state index < -0.39 is 0 Å². The van der Waals surface area contributed by atoms with Crippen molar-refractivity contribution < 1.29 is 9.47 Å². The van der Waals surface area contributed by atoms with E-state index in [1.807, 2.05) is 0 Å². The Morgan fingerprint density at radius 1 is 0.917 bits per heavy atom. The monoisotopic (exact) mass is 339 g/mol. The highest BCUT2D eigenvalue weighted by Gasteiger charge is 2.44. The van der Waals surface area contributed by atoms with E-state index >= 15 is 0 Å². The fourth-order valence-electron chi connectivity index (χ4n) is 4.37. The number of piperidine rings is 1. The third-order valence-electron chi connectivity index (χ3n) is 5.96. The van der Waals surface area contributed by atoms with Crippen LogP contribution in [0.25, 0.3) is 0 Å². The largest absolute Gasteiger partial charge is 0.347 e. The molecule has 0 bridgehead atoms. The zero-order valence-corrected chi connectivity index (χ0v) is 16.5. The molecule has 2 rings (SSSR count). The first-order chi connectivity index (χ1) is 11.7. The molecule has 3 heteroatoms. The number of unbranched alkanes of at least 4 members (excludes halogenated alkanes) is 6. The van der Waals surface area contributed by atoms with Gasteiger partial charge in [0.2, 0.25) is 0 Å². The van der Waals surface area contributed by atoms with Crippen molar-refractivity contribution in [3.63, 3.8) is 0 Å². The van der Waals surface area contributed by atoms with Gasteiger partial charge in [-0.05, 0) is 39.3 Å². The van der Waals surface area contributed by atoms with E-state index in [9.17, 15) is 0 Å². The molecule has 0 N–H and O–H groups in total. The second-order valence-corrected chi connectivity index (χ2v) is 8.04. The molecule has 2 fully saturated rings. The summed E-state index contributed by atoms with van der Waals surface area (Å²) in [5, 5.41) is 0. The van der Waals surface area contributed by atoms with Gasteiger partial charge >= 0.3 is 0 Å². The molecule has 0 radical (unpaired) electrons. The van der Waals surface area contributed by atoms with Gasteiger partial charge in [-0.15, -0.1) is 0 Å². The molecule has 0 aromatic carbocycles. The van der Waals surface area contributed by atoms with Crippen LogP contribution in [0.15, 0.2) is 0 Å². The molecule has 0 spiro atoms. The van der Waals surface area contributed by atoms with Crippen molar-refractivity contribution in [1.82, 2.24) is 4.90 Å². The van der Waals surface area contributed by atoms with Crippen LogP contribution in [0.3, 0.4) is 0 Å². The highest BCUT2D eigenvalue weighted by atomic mass is 16.7. The van der Waals surface area contributed by atoms with Crippen molar-refractivity contribution in [3.8, 4) is 0 Å². The molecule has 2 aliphatic heterocycles. The average Bonchev–Trinajstić information content (AvgIpc) is 3.01. The fraction of sp³-hybridized carbons (Fsp3) is 1.00. The molecule has 2 saturated heterocycles. The quantitative estimate of drug-likeness (QED) is 0.462. The summed E-state index contributed by atoms with van der Waals surface area (Å²) in [7, 11) is 2.26.